The summed E-state index contributed by atoms with van der Waals surface area (Å²) in [6.07, 6.45) is 0. The fourth-order valence-corrected chi connectivity index (χ4v) is 2.81. The van der Waals surface area contributed by atoms with Crippen molar-refractivity contribution >= 4 is 27.6 Å². The number of carbonyl (C=O) groups is 2. The second kappa shape index (κ2) is 7.91. The van der Waals surface area contributed by atoms with E-state index < -0.39 is 28.5 Å². The molecule has 1 amide bonds. The number of sulfonamides is 1. The van der Waals surface area contributed by atoms with Crippen molar-refractivity contribution in [2.45, 2.75) is 4.90 Å². The van der Waals surface area contributed by atoms with Crippen LogP contribution in [0.3, 0.4) is 0 Å². The van der Waals surface area contributed by atoms with Gasteiger partial charge < -0.3 is 10.1 Å². The molecule has 7 nitrogen and oxygen atoms in total. The van der Waals surface area contributed by atoms with E-state index in [1.54, 1.807) is 30.3 Å². The molecule has 25 heavy (non-hydrogen) atoms. The van der Waals surface area contributed by atoms with Crippen molar-refractivity contribution in [3.63, 3.8) is 0 Å². The van der Waals surface area contributed by atoms with Crippen LogP contribution in [0.1, 0.15) is 10.4 Å². The first-order valence-corrected chi connectivity index (χ1v) is 8.79. The minimum absolute atomic E-state index is 0.117. The Balaban J connectivity index is 1.92. The summed E-state index contributed by atoms with van der Waals surface area (Å²) in [6.45, 7) is -0.439. The molecule has 0 saturated heterocycles. The van der Waals surface area contributed by atoms with Gasteiger partial charge in [-0.15, -0.1) is 0 Å². The number of hydrogen-bond acceptors (Lipinski definition) is 5. The second-order valence-corrected chi connectivity index (χ2v) is 7.45. The lowest BCUT2D eigenvalue weighted by Gasteiger charge is -2.12. The van der Waals surface area contributed by atoms with Gasteiger partial charge in [0.15, 0.2) is 6.61 Å². The van der Waals surface area contributed by atoms with Crippen LogP contribution in [0.2, 0.25) is 0 Å². The van der Waals surface area contributed by atoms with Gasteiger partial charge in [0.2, 0.25) is 10.0 Å². The maximum Gasteiger partial charge on any atom is 0.338 e. The lowest BCUT2D eigenvalue weighted by Crippen LogP contribution is -2.22. The molecule has 0 fully saturated rings. The molecule has 8 heteroatoms. The highest BCUT2D eigenvalue weighted by Crippen LogP contribution is 2.16. The van der Waals surface area contributed by atoms with Gasteiger partial charge in [-0.05, 0) is 36.4 Å². The molecule has 0 aliphatic heterocycles. The third-order valence-corrected chi connectivity index (χ3v) is 5.09. The van der Waals surface area contributed by atoms with Crippen molar-refractivity contribution in [1.29, 1.82) is 0 Å². The van der Waals surface area contributed by atoms with Crippen molar-refractivity contribution in [3.05, 3.63) is 60.2 Å². The zero-order chi connectivity index (χ0) is 18.4. The summed E-state index contributed by atoms with van der Waals surface area (Å²) >= 11 is 0. The monoisotopic (exact) mass is 362 g/mol. The molecule has 0 radical (unpaired) electrons. The lowest BCUT2D eigenvalue weighted by molar-refractivity contribution is -0.119. The van der Waals surface area contributed by atoms with E-state index >= 15 is 0 Å². The quantitative estimate of drug-likeness (QED) is 0.790. The lowest BCUT2D eigenvalue weighted by atomic mass is 10.2. The maximum absolute atomic E-state index is 12.0. The van der Waals surface area contributed by atoms with Gasteiger partial charge >= 0.3 is 5.97 Å². The van der Waals surface area contributed by atoms with E-state index in [2.05, 4.69) is 5.32 Å². The Bertz CT molecular complexity index is 846. The predicted molar refractivity (Wildman–Crippen MR) is 92.7 cm³/mol. The minimum Gasteiger partial charge on any atom is -0.452 e. The Morgan fingerprint density at radius 3 is 2.16 bits per heavy atom. The molecule has 132 valence electrons. The normalized spacial score (nSPS) is 11.2. The Labute approximate surface area is 146 Å². The van der Waals surface area contributed by atoms with E-state index in [1.807, 2.05) is 0 Å². The summed E-state index contributed by atoms with van der Waals surface area (Å²) in [7, 11) is -0.650. The molecule has 2 aromatic carbocycles. The number of carbonyl (C=O) groups excluding carboxylic acids is 2. The first kappa shape index (κ1) is 18.6. The number of nitrogens with zero attached hydrogens (tertiary/aromatic N) is 1. The Kier molecular flexibility index (Phi) is 5.89. The van der Waals surface area contributed by atoms with Crippen LogP contribution in [-0.2, 0) is 19.6 Å². The molecular weight excluding hydrogens is 344 g/mol. The second-order valence-electron chi connectivity index (χ2n) is 5.30. The van der Waals surface area contributed by atoms with Crippen LogP contribution in [0, 0.1) is 0 Å². The van der Waals surface area contributed by atoms with Crippen molar-refractivity contribution in [2.24, 2.45) is 0 Å². The molecule has 0 atom stereocenters. The number of esters is 1. The van der Waals surface area contributed by atoms with Crippen LogP contribution in [-0.4, -0.2) is 45.3 Å². The van der Waals surface area contributed by atoms with Crippen LogP contribution >= 0.6 is 0 Å². The van der Waals surface area contributed by atoms with E-state index in [0.29, 0.717) is 11.3 Å². The third kappa shape index (κ3) is 4.88. The van der Waals surface area contributed by atoms with Gasteiger partial charge in [0.05, 0.1) is 10.5 Å². The largest absolute Gasteiger partial charge is 0.452 e. The topological polar surface area (TPSA) is 92.8 Å². The van der Waals surface area contributed by atoms with Gasteiger partial charge in [-0.25, -0.2) is 17.5 Å². The molecule has 0 saturated carbocycles. The van der Waals surface area contributed by atoms with E-state index in [9.17, 15) is 18.0 Å². The molecule has 0 aliphatic carbocycles. The average Bonchev–Trinajstić information content (AvgIpc) is 2.60. The van der Waals surface area contributed by atoms with Crippen LogP contribution in [0.5, 0.6) is 0 Å². The summed E-state index contributed by atoms with van der Waals surface area (Å²) < 4.78 is 29.9. The number of hydrogen-bond donors (Lipinski definition) is 1. The SMILES string of the molecule is CN(C)S(=O)(=O)c1ccc(NC(=O)COC(=O)c2ccccc2)cc1. The first-order chi connectivity index (χ1) is 11.8. The zero-order valence-electron chi connectivity index (χ0n) is 13.8. The smallest absolute Gasteiger partial charge is 0.338 e. The molecule has 0 bridgehead atoms. The number of ether oxygens (including phenoxy) is 1. The molecule has 0 aliphatic rings. The fourth-order valence-electron chi connectivity index (χ4n) is 1.91. The van der Waals surface area contributed by atoms with E-state index in [1.165, 1.54) is 38.4 Å². The number of nitrogens with one attached hydrogen (secondary N) is 1. The van der Waals surface area contributed by atoms with Gasteiger partial charge in [0.25, 0.3) is 5.91 Å². The molecule has 0 heterocycles. The molecule has 2 rings (SSSR count). The molecule has 0 aromatic heterocycles. The van der Waals surface area contributed by atoms with Crippen LogP contribution in [0.25, 0.3) is 0 Å². The number of benzene rings is 2. The third-order valence-electron chi connectivity index (χ3n) is 3.26. The Hall–Kier alpha value is -2.71. The van der Waals surface area contributed by atoms with Crippen LogP contribution in [0.4, 0.5) is 5.69 Å². The van der Waals surface area contributed by atoms with Crippen molar-refractivity contribution in [3.8, 4) is 0 Å². The molecular formula is C17H18N2O5S. The highest BCUT2D eigenvalue weighted by molar-refractivity contribution is 7.89. The molecule has 0 unspecified atom stereocenters. The Morgan fingerprint density at radius 1 is 1.00 bits per heavy atom. The summed E-state index contributed by atoms with van der Waals surface area (Å²) in [5.41, 5.74) is 0.756. The summed E-state index contributed by atoms with van der Waals surface area (Å²) in [4.78, 5) is 23.7. The number of amides is 1. The summed E-state index contributed by atoms with van der Waals surface area (Å²) in [6, 6.07) is 14.0. The molecule has 0 spiro atoms. The van der Waals surface area contributed by atoms with Gasteiger partial charge in [-0.3, -0.25) is 4.79 Å². The first-order valence-electron chi connectivity index (χ1n) is 7.35. The molecule has 1 N–H and O–H groups in total. The van der Waals surface area contributed by atoms with Gasteiger partial charge in [-0.2, -0.15) is 0 Å². The van der Waals surface area contributed by atoms with Crippen molar-refractivity contribution in [1.82, 2.24) is 4.31 Å². The highest BCUT2D eigenvalue weighted by Gasteiger charge is 2.17. The van der Waals surface area contributed by atoms with Crippen LogP contribution < -0.4 is 5.32 Å². The Morgan fingerprint density at radius 2 is 1.60 bits per heavy atom. The summed E-state index contributed by atoms with van der Waals surface area (Å²) in [5, 5.41) is 2.53. The van der Waals surface area contributed by atoms with Gasteiger partial charge in [0, 0.05) is 19.8 Å². The number of anilines is 1. The van der Waals surface area contributed by atoms with E-state index in [0.717, 1.165) is 4.31 Å². The van der Waals surface area contributed by atoms with E-state index in [-0.39, 0.29) is 4.90 Å². The highest BCUT2D eigenvalue weighted by atomic mass is 32.2. The maximum atomic E-state index is 12.0. The van der Waals surface area contributed by atoms with Crippen molar-refractivity contribution in [2.75, 3.05) is 26.0 Å². The van der Waals surface area contributed by atoms with Crippen LogP contribution in [0.15, 0.2) is 59.5 Å². The summed E-state index contributed by atoms with van der Waals surface area (Å²) in [5.74, 6) is -1.12. The van der Waals surface area contributed by atoms with E-state index in [4.69, 9.17) is 4.74 Å². The van der Waals surface area contributed by atoms with Gasteiger partial charge in [0.1, 0.15) is 0 Å². The number of rotatable bonds is 6. The molecule has 2 aromatic rings. The predicted octanol–water partition coefficient (Wildman–Crippen LogP) is 1.73. The fraction of sp³-hybridized carbons (Fsp3) is 0.176. The standard InChI is InChI=1S/C17H18N2O5S/c1-19(2)25(22,23)15-10-8-14(9-11-15)18-16(20)12-24-17(21)13-6-4-3-5-7-13/h3-11H,12H2,1-2H3,(H,18,20). The van der Waals surface area contributed by atoms with Gasteiger partial charge in [-0.1, -0.05) is 18.2 Å². The zero-order valence-corrected chi connectivity index (χ0v) is 14.6. The van der Waals surface area contributed by atoms with Crippen molar-refractivity contribution < 1.29 is 22.7 Å². The minimum atomic E-state index is -3.52. The average molecular weight is 362 g/mol.